The lowest BCUT2D eigenvalue weighted by molar-refractivity contribution is 0.0471. The Morgan fingerprint density at radius 2 is 2.00 bits per heavy atom. The third-order valence-corrected chi connectivity index (χ3v) is 6.62. The molecular formula is C13H24N2O3S. The van der Waals surface area contributed by atoms with E-state index >= 15 is 0 Å². The Bertz CT molecular complexity index is 420. The van der Waals surface area contributed by atoms with Gasteiger partial charge in [0.05, 0.1) is 23.7 Å². The molecule has 19 heavy (non-hydrogen) atoms. The number of nitrogens with one attached hydrogen (secondary N) is 1. The quantitative estimate of drug-likeness (QED) is 0.724. The van der Waals surface area contributed by atoms with Gasteiger partial charge in [0, 0.05) is 12.6 Å². The molecule has 4 unspecified atom stereocenters. The molecule has 5 nitrogen and oxygen atoms in total. The number of hydrogen-bond acceptors (Lipinski definition) is 5. The van der Waals surface area contributed by atoms with Crippen LogP contribution in [0.3, 0.4) is 0 Å². The van der Waals surface area contributed by atoms with Crippen LogP contribution in [0.25, 0.3) is 0 Å². The van der Waals surface area contributed by atoms with Crippen LogP contribution in [0.4, 0.5) is 0 Å². The zero-order valence-corrected chi connectivity index (χ0v) is 12.1. The molecule has 0 aromatic heterocycles. The molecule has 0 saturated carbocycles. The van der Waals surface area contributed by atoms with Crippen molar-refractivity contribution >= 4 is 9.84 Å². The fourth-order valence-electron chi connectivity index (χ4n) is 3.94. The van der Waals surface area contributed by atoms with Gasteiger partial charge in [-0.25, -0.2) is 8.42 Å². The van der Waals surface area contributed by atoms with Gasteiger partial charge in [-0.3, -0.25) is 4.90 Å². The average Bonchev–Trinajstić information content (AvgIpc) is 2.97. The predicted octanol–water partition coefficient (Wildman–Crippen LogP) is -0.392. The van der Waals surface area contributed by atoms with Crippen molar-refractivity contribution < 1.29 is 13.5 Å². The van der Waals surface area contributed by atoms with Gasteiger partial charge in [-0.2, -0.15) is 0 Å². The maximum atomic E-state index is 11.6. The maximum absolute atomic E-state index is 11.6. The minimum atomic E-state index is -3.04. The van der Waals surface area contributed by atoms with Crippen molar-refractivity contribution in [1.82, 2.24) is 10.2 Å². The Morgan fingerprint density at radius 1 is 1.16 bits per heavy atom. The molecule has 3 fully saturated rings. The first-order chi connectivity index (χ1) is 9.05. The molecule has 0 aromatic carbocycles. The second-order valence-electron chi connectivity index (χ2n) is 6.31. The van der Waals surface area contributed by atoms with Gasteiger partial charge in [-0.1, -0.05) is 0 Å². The van der Waals surface area contributed by atoms with Crippen molar-refractivity contribution in [3.8, 4) is 0 Å². The standard InChI is InChI=1S/C13H24N2O3S/c16-13-9-19(17,18)8-12(13)15-6-2-3-10(7-15)11-4-1-5-14-11/h10-14,16H,1-9H2. The minimum Gasteiger partial charge on any atom is -0.390 e. The van der Waals surface area contributed by atoms with E-state index in [2.05, 4.69) is 10.2 Å². The van der Waals surface area contributed by atoms with E-state index in [4.69, 9.17) is 0 Å². The van der Waals surface area contributed by atoms with E-state index in [9.17, 15) is 13.5 Å². The number of aliphatic hydroxyl groups excluding tert-OH is 1. The normalized spacial score (nSPS) is 43.6. The van der Waals surface area contributed by atoms with E-state index in [1.807, 2.05) is 0 Å². The monoisotopic (exact) mass is 288 g/mol. The molecule has 0 aliphatic carbocycles. The largest absolute Gasteiger partial charge is 0.390 e. The van der Waals surface area contributed by atoms with Crippen molar-refractivity contribution in [3.05, 3.63) is 0 Å². The highest BCUT2D eigenvalue weighted by molar-refractivity contribution is 7.91. The fourth-order valence-corrected chi connectivity index (χ4v) is 5.78. The molecule has 4 atom stereocenters. The van der Waals surface area contributed by atoms with Crippen molar-refractivity contribution in [2.24, 2.45) is 5.92 Å². The van der Waals surface area contributed by atoms with Crippen molar-refractivity contribution in [1.29, 1.82) is 0 Å². The number of likely N-dealkylation sites (tertiary alicyclic amines) is 1. The van der Waals surface area contributed by atoms with Crippen LogP contribution >= 0.6 is 0 Å². The Labute approximate surface area is 115 Å². The third kappa shape index (κ3) is 2.96. The fraction of sp³-hybridized carbons (Fsp3) is 1.00. The molecule has 110 valence electrons. The topological polar surface area (TPSA) is 69.6 Å². The molecular weight excluding hydrogens is 264 g/mol. The summed E-state index contributed by atoms with van der Waals surface area (Å²) in [5.74, 6) is 0.700. The van der Waals surface area contributed by atoms with Crippen LogP contribution in [0, 0.1) is 5.92 Å². The summed E-state index contributed by atoms with van der Waals surface area (Å²) in [6, 6.07) is 0.423. The summed E-state index contributed by atoms with van der Waals surface area (Å²) in [6.07, 6.45) is 4.14. The lowest BCUT2D eigenvalue weighted by Crippen LogP contribution is -2.51. The summed E-state index contributed by atoms with van der Waals surface area (Å²) in [5.41, 5.74) is 0. The number of aliphatic hydroxyl groups is 1. The highest BCUT2D eigenvalue weighted by Gasteiger charge is 2.42. The second-order valence-corrected chi connectivity index (χ2v) is 8.47. The summed E-state index contributed by atoms with van der Waals surface area (Å²) >= 11 is 0. The zero-order valence-electron chi connectivity index (χ0n) is 11.3. The summed E-state index contributed by atoms with van der Waals surface area (Å²) in [6.45, 7) is 2.98. The van der Waals surface area contributed by atoms with Crippen LogP contribution in [-0.4, -0.2) is 67.8 Å². The first kappa shape index (κ1) is 13.8. The number of sulfone groups is 1. The van der Waals surface area contributed by atoms with Gasteiger partial charge in [0.25, 0.3) is 0 Å². The molecule has 3 heterocycles. The summed E-state index contributed by atoms with van der Waals surface area (Å²) in [5, 5.41) is 13.5. The van der Waals surface area contributed by atoms with E-state index in [-0.39, 0.29) is 17.5 Å². The molecule has 3 aliphatic rings. The van der Waals surface area contributed by atoms with Crippen molar-refractivity contribution in [2.45, 2.75) is 43.9 Å². The molecule has 3 aliphatic heterocycles. The van der Waals surface area contributed by atoms with Crippen LogP contribution in [0.1, 0.15) is 25.7 Å². The summed E-state index contributed by atoms with van der Waals surface area (Å²) < 4.78 is 23.3. The van der Waals surface area contributed by atoms with Gasteiger partial charge < -0.3 is 10.4 Å². The number of piperidine rings is 1. The Hall–Kier alpha value is -0.170. The first-order valence-electron chi connectivity index (χ1n) is 7.41. The van der Waals surface area contributed by atoms with Gasteiger partial charge in [-0.05, 0) is 44.7 Å². The molecule has 0 spiro atoms. The number of nitrogens with zero attached hydrogens (tertiary/aromatic N) is 1. The van der Waals surface area contributed by atoms with E-state index < -0.39 is 15.9 Å². The van der Waals surface area contributed by atoms with Gasteiger partial charge >= 0.3 is 0 Å². The Balaban J connectivity index is 1.65. The smallest absolute Gasteiger partial charge is 0.154 e. The molecule has 0 amide bonds. The molecule has 3 rings (SSSR count). The van der Waals surface area contributed by atoms with E-state index in [0.717, 1.165) is 26.1 Å². The molecule has 6 heteroatoms. The summed E-state index contributed by atoms with van der Waals surface area (Å²) in [4.78, 5) is 2.23. The van der Waals surface area contributed by atoms with Crippen LogP contribution < -0.4 is 5.32 Å². The van der Waals surface area contributed by atoms with Gasteiger partial charge in [0.15, 0.2) is 9.84 Å². The Kier molecular flexibility index (Phi) is 3.86. The highest BCUT2D eigenvalue weighted by Crippen LogP contribution is 2.28. The minimum absolute atomic E-state index is 0.0550. The lowest BCUT2D eigenvalue weighted by atomic mass is 9.89. The highest BCUT2D eigenvalue weighted by atomic mass is 32.2. The van der Waals surface area contributed by atoms with Crippen LogP contribution in [0.15, 0.2) is 0 Å². The van der Waals surface area contributed by atoms with Gasteiger partial charge in [-0.15, -0.1) is 0 Å². The first-order valence-corrected chi connectivity index (χ1v) is 9.23. The van der Waals surface area contributed by atoms with Crippen LogP contribution in [0.2, 0.25) is 0 Å². The van der Waals surface area contributed by atoms with Gasteiger partial charge in [0.1, 0.15) is 0 Å². The molecule has 0 radical (unpaired) electrons. The number of hydrogen-bond donors (Lipinski definition) is 2. The van der Waals surface area contributed by atoms with Crippen LogP contribution in [0.5, 0.6) is 0 Å². The zero-order chi connectivity index (χ0) is 13.5. The average molecular weight is 288 g/mol. The lowest BCUT2D eigenvalue weighted by Gasteiger charge is -2.39. The third-order valence-electron chi connectivity index (χ3n) is 4.92. The van der Waals surface area contributed by atoms with E-state index in [1.54, 1.807) is 0 Å². The van der Waals surface area contributed by atoms with Gasteiger partial charge in [0.2, 0.25) is 0 Å². The van der Waals surface area contributed by atoms with Crippen molar-refractivity contribution in [2.75, 3.05) is 31.1 Å². The Morgan fingerprint density at radius 3 is 2.63 bits per heavy atom. The molecule has 0 bridgehead atoms. The van der Waals surface area contributed by atoms with E-state index in [1.165, 1.54) is 19.3 Å². The van der Waals surface area contributed by atoms with Crippen LogP contribution in [-0.2, 0) is 9.84 Å². The number of rotatable bonds is 2. The molecule has 3 saturated heterocycles. The van der Waals surface area contributed by atoms with Crippen molar-refractivity contribution in [3.63, 3.8) is 0 Å². The second kappa shape index (κ2) is 5.31. The molecule has 2 N–H and O–H groups in total. The maximum Gasteiger partial charge on any atom is 0.154 e. The predicted molar refractivity (Wildman–Crippen MR) is 73.8 cm³/mol. The molecule has 0 aromatic rings. The summed E-state index contributed by atoms with van der Waals surface area (Å²) in [7, 11) is -3.04. The van der Waals surface area contributed by atoms with E-state index in [0.29, 0.717) is 12.0 Å². The SMILES string of the molecule is O=S1(=O)CC(O)C(N2CCCC(C3CCCN3)C2)C1.